The Bertz CT molecular complexity index is 504. The summed E-state index contributed by atoms with van der Waals surface area (Å²) in [7, 11) is -2.02. The molecule has 0 amide bonds. The van der Waals surface area contributed by atoms with Gasteiger partial charge in [-0.3, -0.25) is 0 Å². The minimum Gasteiger partial charge on any atom is -0.399 e. The zero-order valence-electron chi connectivity index (χ0n) is 11.1. The monoisotopic (exact) mass is 272 g/mol. The lowest BCUT2D eigenvalue weighted by atomic mass is 10.1. The predicted octanol–water partition coefficient (Wildman–Crippen LogP) is 1.28. The van der Waals surface area contributed by atoms with Crippen LogP contribution >= 0.6 is 0 Å². The maximum atomic E-state index is 12.1. The number of nitrogen functional groups attached to an aromatic ring is 1. The standard InChI is InChI=1S/C12H20N2O3S/c1-9-5-10(13)7-11(6-9)18(15,16)14-8-12(2,3)17-4/h5-7,14H,8,13H2,1-4H3. The van der Waals surface area contributed by atoms with Crippen molar-refractivity contribution in [3.8, 4) is 0 Å². The Hall–Kier alpha value is -1.11. The first-order chi connectivity index (χ1) is 8.16. The summed E-state index contributed by atoms with van der Waals surface area (Å²) in [6.07, 6.45) is 0. The molecule has 5 nitrogen and oxygen atoms in total. The van der Waals surface area contributed by atoms with Crippen LogP contribution in [-0.4, -0.2) is 27.7 Å². The molecule has 3 N–H and O–H groups in total. The number of hydrogen-bond acceptors (Lipinski definition) is 4. The molecule has 0 saturated carbocycles. The molecule has 1 aromatic rings. The molecule has 0 aliphatic heterocycles. The summed E-state index contributed by atoms with van der Waals surface area (Å²) in [6, 6.07) is 4.74. The normalized spacial score (nSPS) is 12.7. The van der Waals surface area contributed by atoms with Gasteiger partial charge in [-0.05, 0) is 44.5 Å². The summed E-state index contributed by atoms with van der Waals surface area (Å²) in [5.74, 6) is 0. The van der Waals surface area contributed by atoms with Crippen molar-refractivity contribution in [1.82, 2.24) is 4.72 Å². The number of sulfonamides is 1. The molecule has 1 aromatic carbocycles. The van der Waals surface area contributed by atoms with Crippen LogP contribution in [0.25, 0.3) is 0 Å². The Morgan fingerprint density at radius 2 is 1.94 bits per heavy atom. The lowest BCUT2D eigenvalue weighted by Crippen LogP contribution is -2.39. The lowest BCUT2D eigenvalue weighted by molar-refractivity contribution is 0.0276. The Labute approximate surface area is 108 Å². The van der Waals surface area contributed by atoms with Gasteiger partial charge in [0, 0.05) is 19.3 Å². The smallest absolute Gasteiger partial charge is 0.240 e. The lowest BCUT2D eigenvalue weighted by Gasteiger charge is -2.23. The largest absolute Gasteiger partial charge is 0.399 e. The zero-order valence-corrected chi connectivity index (χ0v) is 12.0. The van der Waals surface area contributed by atoms with E-state index in [1.165, 1.54) is 6.07 Å². The fraction of sp³-hybridized carbons (Fsp3) is 0.500. The minimum absolute atomic E-state index is 0.173. The molecule has 0 heterocycles. The van der Waals surface area contributed by atoms with Crippen molar-refractivity contribution < 1.29 is 13.2 Å². The number of hydrogen-bond donors (Lipinski definition) is 2. The number of aryl methyl sites for hydroxylation is 1. The number of nitrogens with two attached hydrogens (primary N) is 1. The molecular weight excluding hydrogens is 252 g/mol. The molecule has 0 saturated heterocycles. The third-order valence-corrected chi connectivity index (χ3v) is 4.00. The number of methoxy groups -OCH3 is 1. The first-order valence-corrected chi connectivity index (χ1v) is 7.06. The van der Waals surface area contributed by atoms with E-state index in [0.717, 1.165) is 5.56 Å². The van der Waals surface area contributed by atoms with Crippen LogP contribution in [0.15, 0.2) is 23.1 Å². The molecule has 0 atom stereocenters. The highest BCUT2D eigenvalue weighted by molar-refractivity contribution is 7.89. The van der Waals surface area contributed by atoms with Gasteiger partial charge in [0.2, 0.25) is 10.0 Å². The van der Waals surface area contributed by atoms with Crippen molar-refractivity contribution in [2.75, 3.05) is 19.4 Å². The first kappa shape index (κ1) is 14.9. The number of anilines is 1. The van der Waals surface area contributed by atoms with E-state index < -0.39 is 15.6 Å². The SMILES string of the molecule is COC(C)(C)CNS(=O)(=O)c1cc(C)cc(N)c1. The fourth-order valence-corrected chi connectivity index (χ4v) is 2.69. The molecule has 0 radical (unpaired) electrons. The van der Waals surface area contributed by atoms with E-state index in [1.807, 2.05) is 0 Å². The van der Waals surface area contributed by atoms with Gasteiger partial charge in [0.15, 0.2) is 0 Å². The molecular formula is C12H20N2O3S. The molecule has 102 valence electrons. The minimum atomic E-state index is -3.56. The van der Waals surface area contributed by atoms with E-state index in [1.54, 1.807) is 40.0 Å². The second-order valence-corrected chi connectivity index (χ2v) is 6.63. The molecule has 0 aliphatic carbocycles. The van der Waals surface area contributed by atoms with Crippen LogP contribution in [0.5, 0.6) is 0 Å². The zero-order chi connectivity index (χ0) is 14.0. The highest BCUT2D eigenvalue weighted by atomic mass is 32.2. The molecule has 0 aromatic heterocycles. The second-order valence-electron chi connectivity index (χ2n) is 4.87. The van der Waals surface area contributed by atoms with Crippen LogP contribution in [0.4, 0.5) is 5.69 Å². The van der Waals surface area contributed by atoms with Gasteiger partial charge in [0.25, 0.3) is 0 Å². The number of rotatable bonds is 5. The summed E-state index contributed by atoms with van der Waals surface area (Å²) < 4.78 is 31.8. The molecule has 0 unspecified atom stereocenters. The number of nitrogens with one attached hydrogen (secondary N) is 1. The summed E-state index contributed by atoms with van der Waals surface area (Å²) in [5, 5.41) is 0. The van der Waals surface area contributed by atoms with Gasteiger partial charge < -0.3 is 10.5 Å². The van der Waals surface area contributed by atoms with Crippen LogP contribution in [-0.2, 0) is 14.8 Å². The summed E-state index contributed by atoms with van der Waals surface area (Å²) in [4.78, 5) is 0.173. The van der Waals surface area contributed by atoms with Crippen molar-refractivity contribution in [3.05, 3.63) is 23.8 Å². The van der Waals surface area contributed by atoms with Crippen molar-refractivity contribution in [1.29, 1.82) is 0 Å². The van der Waals surface area contributed by atoms with Gasteiger partial charge in [-0.25, -0.2) is 13.1 Å². The Morgan fingerprint density at radius 3 is 2.44 bits per heavy atom. The van der Waals surface area contributed by atoms with E-state index in [2.05, 4.69) is 4.72 Å². The highest BCUT2D eigenvalue weighted by Crippen LogP contribution is 2.17. The maximum Gasteiger partial charge on any atom is 0.240 e. The highest BCUT2D eigenvalue weighted by Gasteiger charge is 2.22. The van der Waals surface area contributed by atoms with Crippen molar-refractivity contribution in [2.24, 2.45) is 0 Å². The number of ether oxygens (including phenoxy) is 1. The Morgan fingerprint density at radius 1 is 1.33 bits per heavy atom. The molecule has 0 bridgehead atoms. The molecule has 0 fully saturated rings. The average Bonchev–Trinajstić information content (AvgIpc) is 2.25. The first-order valence-electron chi connectivity index (χ1n) is 5.58. The van der Waals surface area contributed by atoms with Crippen molar-refractivity contribution in [2.45, 2.75) is 31.3 Å². The molecule has 18 heavy (non-hydrogen) atoms. The van der Waals surface area contributed by atoms with E-state index in [-0.39, 0.29) is 11.4 Å². The van der Waals surface area contributed by atoms with Gasteiger partial charge in [0.1, 0.15) is 0 Å². The van der Waals surface area contributed by atoms with Gasteiger partial charge in [-0.2, -0.15) is 0 Å². The van der Waals surface area contributed by atoms with Crippen LogP contribution in [0.1, 0.15) is 19.4 Å². The molecule has 1 rings (SSSR count). The van der Waals surface area contributed by atoms with Gasteiger partial charge in [-0.15, -0.1) is 0 Å². The van der Waals surface area contributed by atoms with E-state index >= 15 is 0 Å². The van der Waals surface area contributed by atoms with Crippen LogP contribution < -0.4 is 10.5 Å². The van der Waals surface area contributed by atoms with Crippen LogP contribution in [0, 0.1) is 6.92 Å². The Balaban J connectivity index is 2.93. The van der Waals surface area contributed by atoms with Crippen LogP contribution in [0.2, 0.25) is 0 Å². The third-order valence-electron chi connectivity index (χ3n) is 2.62. The van der Waals surface area contributed by atoms with Crippen LogP contribution in [0.3, 0.4) is 0 Å². The average molecular weight is 272 g/mol. The van der Waals surface area contributed by atoms with Gasteiger partial charge in [-0.1, -0.05) is 0 Å². The molecule has 0 spiro atoms. The summed E-state index contributed by atoms with van der Waals surface area (Å²) in [6.45, 7) is 5.61. The Kier molecular flexibility index (Phi) is 4.37. The van der Waals surface area contributed by atoms with E-state index in [4.69, 9.17) is 10.5 Å². The van der Waals surface area contributed by atoms with Crippen molar-refractivity contribution in [3.63, 3.8) is 0 Å². The maximum absolute atomic E-state index is 12.1. The second kappa shape index (κ2) is 5.26. The van der Waals surface area contributed by atoms with Crippen molar-refractivity contribution >= 4 is 15.7 Å². The topological polar surface area (TPSA) is 81.4 Å². The third kappa shape index (κ3) is 3.97. The fourth-order valence-electron chi connectivity index (χ4n) is 1.36. The van der Waals surface area contributed by atoms with Gasteiger partial charge >= 0.3 is 0 Å². The van der Waals surface area contributed by atoms with E-state index in [9.17, 15) is 8.42 Å². The summed E-state index contributed by atoms with van der Waals surface area (Å²) >= 11 is 0. The summed E-state index contributed by atoms with van der Waals surface area (Å²) in [5.41, 5.74) is 6.33. The number of benzene rings is 1. The van der Waals surface area contributed by atoms with Gasteiger partial charge in [0.05, 0.1) is 10.5 Å². The quantitative estimate of drug-likeness (QED) is 0.791. The molecule has 6 heteroatoms. The predicted molar refractivity (Wildman–Crippen MR) is 71.9 cm³/mol. The molecule has 0 aliphatic rings. The van der Waals surface area contributed by atoms with E-state index in [0.29, 0.717) is 5.69 Å².